The average molecular weight is 239 g/mol. The Kier molecular flexibility index (Phi) is 4.61. The van der Waals surface area contributed by atoms with Crippen LogP contribution in [-0.4, -0.2) is 29.1 Å². The fraction of sp³-hybridized carbons (Fsp3) is 0.455. The van der Waals surface area contributed by atoms with E-state index in [2.05, 4.69) is 24.3 Å². The van der Waals surface area contributed by atoms with E-state index in [4.69, 9.17) is 0 Å². The quantitative estimate of drug-likeness (QED) is 0.619. The summed E-state index contributed by atoms with van der Waals surface area (Å²) in [7, 11) is 1.92. The van der Waals surface area contributed by atoms with Crippen LogP contribution in [0.5, 0.6) is 0 Å². The lowest BCUT2D eigenvalue weighted by Crippen LogP contribution is -2.26. The molecule has 1 heterocycles. The lowest BCUT2D eigenvalue weighted by Gasteiger charge is -2.16. The van der Waals surface area contributed by atoms with Crippen LogP contribution in [0.4, 0.5) is 5.69 Å². The fourth-order valence-electron chi connectivity index (χ4n) is 1.20. The first-order chi connectivity index (χ1) is 7.58. The second-order valence-corrected chi connectivity index (χ2v) is 3.95. The zero-order valence-corrected chi connectivity index (χ0v) is 10.6. The van der Waals surface area contributed by atoms with E-state index in [0.29, 0.717) is 12.3 Å². The lowest BCUT2D eigenvalue weighted by molar-refractivity contribution is 0.632. The average Bonchev–Trinajstić information content (AvgIpc) is 2.30. The smallest absolute Gasteiger partial charge is 0.269 e. The molecule has 4 nitrogen and oxygen atoms in total. The minimum atomic E-state index is -0.110. The predicted molar refractivity (Wildman–Crippen MR) is 70.4 cm³/mol. The Morgan fingerprint density at radius 1 is 1.69 bits per heavy atom. The van der Waals surface area contributed by atoms with Crippen molar-refractivity contribution < 1.29 is 0 Å². The molecule has 0 saturated heterocycles. The highest BCUT2D eigenvalue weighted by Crippen LogP contribution is 2.06. The second-order valence-electron chi connectivity index (χ2n) is 3.63. The van der Waals surface area contributed by atoms with Crippen molar-refractivity contribution in [3.05, 3.63) is 34.8 Å². The van der Waals surface area contributed by atoms with Crippen LogP contribution >= 0.6 is 12.6 Å². The van der Waals surface area contributed by atoms with Crippen LogP contribution in [0.2, 0.25) is 0 Å². The van der Waals surface area contributed by atoms with E-state index in [-0.39, 0.29) is 5.56 Å². The van der Waals surface area contributed by atoms with Crippen LogP contribution in [0.25, 0.3) is 0 Å². The SMILES string of the molecule is C=C(CS)Cn1ncc(N(C)CC)cc1=O. The van der Waals surface area contributed by atoms with Gasteiger partial charge in [0, 0.05) is 25.4 Å². The van der Waals surface area contributed by atoms with Crippen LogP contribution in [0.15, 0.2) is 29.2 Å². The van der Waals surface area contributed by atoms with Crippen LogP contribution in [-0.2, 0) is 6.54 Å². The van der Waals surface area contributed by atoms with Crippen molar-refractivity contribution in [2.24, 2.45) is 0 Å². The topological polar surface area (TPSA) is 38.1 Å². The van der Waals surface area contributed by atoms with Crippen molar-refractivity contribution in [1.82, 2.24) is 9.78 Å². The predicted octanol–water partition coefficient (Wildman–Crippen LogP) is 1.19. The summed E-state index contributed by atoms with van der Waals surface area (Å²) in [5, 5.41) is 4.10. The van der Waals surface area contributed by atoms with E-state index in [1.807, 2.05) is 18.9 Å². The van der Waals surface area contributed by atoms with Gasteiger partial charge < -0.3 is 4.90 Å². The molecule has 0 spiro atoms. The van der Waals surface area contributed by atoms with Crippen molar-refractivity contribution in [2.45, 2.75) is 13.5 Å². The van der Waals surface area contributed by atoms with Gasteiger partial charge in [-0.15, -0.1) is 0 Å². The van der Waals surface area contributed by atoms with Gasteiger partial charge in [-0.25, -0.2) is 4.68 Å². The summed E-state index contributed by atoms with van der Waals surface area (Å²) in [5.41, 5.74) is 1.59. The molecule has 0 radical (unpaired) electrons. The number of thiol groups is 1. The van der Waals surface area contributed by atoms with E-state index in [9.17, 15) is 4.79 Å². The van der Waals surface area contributed by atoms with E-state index in [1.54, 1.807) is 12.3 Å². The largest absolute Gasteiger partial charge is 0.373 e. The van der Waals surface area contributed by atoms with E-state index in [0.717, 1.165) is 17.8 Å². The van der Waals surface area contributed by atoms with Gasteiger partial charge >= 0.3 is 0 Å². The minimum absolute atomic E-state index is 0.110. The minimum Gasteiger partial charge on any atom is -0.373 e. The van der Waals surface area contributed by atoms with Gasteiger partial charge in [-0.2, -0.15) is 17.7 Å². The molecule has 88 valence electrons. The molecule has 16 heavy (non-hydrogen) atoms. The maximum atomic E-state index is 11.7. The Morgan fingerprint density at radius 2 is 2.38 bits per heavy atom. The van der Waals surface area contributed by atoms with E-state index in [1.165, 1.54) is 4.68 Å². The first kappa shape index (κ1) is 12.8. The molecule has 0 saturated carbocycles. The summed E-state index contributed by atoms with van der Waals surface area (Å²) in [6.45, 7) is 7.09. The van der Waals surface area contributed by atoms with Crippen LogP contribution in [0, 0.1) is 0 Å². The summed E-state index contributed by atoms with van der Waals surface area (Å²) in [6, 6.07) is 1.59. The zero-order valence-electron chi connectivity index (χ0n) is 9.68. The van der Waals surface area contributed by atoms with Crippen LogP contribution < -0.4 is 10.5 Å². The number of hydrogen-bond donors (Lipinski definition) is 1. The molecule has 0 bridgehead atoms. The molecule has 1 aromatic rings. The molecular formula is C11H17N3OS. The summed E-state index contributed by atoms with van der Waals surface area (Å²) >= 11 is 4.10. The fourth-order valence-corrected chi connectivity index (χ4v) is 1.30. The Balaban J connectivity index is 2.92. The van der Waals surface area contributed by atoms with Gasteiger partial charge in [0.1, 0.15) is 0 Å². The molecule has 0 aromatic carbocycles. The third-order valence-electron chi connectivity index (χ3n) is 2.37. The highest BCUT2D eigenvalue weighted by Gasteiger charge is 2.03. The lowest BCUT2D eigenvalue weighted by atomic mass is 10.3. The van der Waals surface area contributed by atoms with Crippen molar-refractivity contribution in [3.63, 3.8) is 0 Å². The van der Waals surface area contributed by atoms with Gasteiger partial charge in [-0.1, -0.05) is 6.58 Å². The first-order valence-corrected chi connectivity index (χ1v) is 5.77. The van der Waals surface area contributed by atoms with Gasteiger partial charge in [0.2, 0.25) is 0 Å². The van der Waals surface area contributed by atoms with E-state index >= 15 is 0 Å². The Labute approximate surface area is 101 Å². The van der Waals surface area contributed by atoms with Crippen molar-refractivity contribution in [2.75, 3.05) is 24.2 Å². The molecule has 1 aromatic heterocycles. The third-order valence-corrected chi connectivity index (χ3v) is 2.81. The van der Waals surface area contributed by atoms with Gasteiger partial charge in [0.25, 0.3) is 5.56 Å². The molecule has 0 atom stereocenters. The molecular weight excluding hydrogens is 222 g/mol. The van der Waals surface area contributed by atoms with Crippen LogP contribution in [0.1, 0.15) is 6.92 Å². The monoisotopic (exact) mass is 239 g/mol. The van der Waals surface area contributed by atoms with Crippen molar-refractivity contribution in [1.29, 1.82) is 0 Å². The van der Waals surface area contributed by atoms with Gasteiger partial charge in [0.05, 0.1) is 18.4 Å². The number of anilines is 1. The standard InChI is InChI=1S/C11H17N3OS/c1-4-13(3)10-5-11(15)14(12-6-10)7-9(2)8-16/h5-6,16H,2,4,7-8H2,1,3H3. The number of rotatable bonds is 5. The number of nitrogens with zero attached hydrogens (tertiary/aromatic N) is 3. The van der Waals surface area contributed by atoms with Gasteiger partial charge in [-0.05, 0) is 12.5 Å². The maximum absolute atomic E-state index is 11.7. The Morgan fingerprint density at radius 3 is 2.88 bits per heavy atom. The highest BCUT2D eigenvalue weighted by atomic mass is 32.1. The number of hydrogen-bond acceptors (Lipinski definition) is 4. The molecule has 0 aliphatic rings. The molecule has 1 rings (SSSR count). The summed E-state index contributed by atoms with van der Waals surface area (Å²) < 4.78 is 1.39. The zero-order chi connectivity index (χ0) is 12.1. The molecule has 0 N–H and O–H groups in total. The molecule has 0 aliphatic heterocycles. The van der Waals surface area contributed by atoms with Crippen molar-refractivity contribution in [3.8, 4) is 0 Å². The van der Waals surface area contributed by atoms with Crippen LogP contribution in [0.3, 0.4) is 0 Å². The van der Waals surface area contributed by atoms with Crippen molar-refractivity contribution >= 4 is 18.3 Å². The van der Waals surface area contributed by atoms with Gasteiger partial charge in [0.15, 0.2) is 0 Å². The first-order valence-electron chi connectivity index (χ1n) is 5.14. The summed E-state index contributed by atoms with van der Waals surface area (Å²) in [6.07, 6.45) is 1.69. The number of aromatic nitrogens is 2. The molecule has 0 amide bonds. The maximum Gasteiger partial charge on any atom is 0.269 e. The van der Waals surface area contributed by atoms with E-state index < -0.39 is 0 Å². The molecule has 0 fully saturated rings. The molecule has 0 unspecified atom stereocenters. The third kappa shape index (κ3) is 3.13. The Bertz CT molecular complexity index is 427. The molecule has 0 aliphatic carbocycles. The Hall–Kier alpha value is -1.23. The van der Waals surface area contributed by atoms with Gasteiger partial charge in [-0.3, -0.25) is 4.79 Å². The second kappa shape index (κ2) is 5.75. The molecule has 5 heteroatoms. The summed E-state index contributed by atoms with van der Waals surface area (Å²) in [5.74, 6) is 0.560. The normalized spacial score (nSPS) is 10.2. The summed E-state index contributed by atoms with van der Waals surface area (Å²) in [4.78, 5) is 13.7. The highest BCUT2D eigenvalue weighted by molar-refractivity contribution is 7.80.